The molecule has 0 aliphatic carbocycles. The summed E-state index contributed by atoms with van der Waals surface area (Å²) in [7, 11) is 0. The van der Waals surface area contributed by atoms with E-state index >= 15 is 0 Å². The first kappa shape index (κ1) is 20.6. The van der Waals surface area contributed by atoms with Crippen LogP contribution in [0.25, 0.3) is 11.8 Å². The molecule has 6 nitrogen and oxygen atoms in total. The van der Waals surface area contributed by atoms with E-state index in [0.717, 1.165) is 21.2 Å². The van der Waals surface area contributed by atoms with Gasteiger partial charge in [0.25, 0.3) is 5.69 Å². The number of hydrogen-bond acceptors (Lipinski definition) is 5. The zero-order chi connectivity index (χ0) is 21.8. The predicted octanol–water partition coefficient (Wildman–Crippen LogP) is 5.92. The lowest BCUT2D eigenvalue weighted by molar-refractivity contribution is -0.384. The summed E-state index contributed by atoms with van der Waals surface area (Å²) in [6.07, 6.45) is 3.48. The summed E-state index contributed by atoms with van der Waals surface area (Å²) in [5.74, 6) is 0.781. The summed E-state index contributed by atoms with van der Waals surface area (Å²) in [6, 6.07) is 21.1. The Morgan fingerprint density at radius 1 is 0.968 bits per heavy atom. The zero-order valence-electron chi connectivity index (χ0n) is 16.2. The maximum atomic E-state index is 12.2. The van der Waals surface area contributed by atoms with Gasteiger partial charge in [0.15, 0.2) is 0 Å². The molecule has 1 aliphatic rings. The molecule has 0 amide bonds. The second-order valence-electron chi connectivity index (χ2n) is 6.79. The molecule has 1 heterocycles. The van der Waals surface area contributed by atoms with Crippen molar-refractivity contribution in [2.45, 2.75) is 6.61 Å². The maximum Gasteiger partial charge on any atom is 0.343 e. The maximum absolute atomic E-state index is 12.2. The number of nitrogens with zero attached hydrogens (tertiary/aromatic N) is 1. The molecule has 0 radical (unpaired) electrons. The van der Waals surface area contributed by atoms with Gasteiger partial charge in [-0.15, -0.1) is 0 Å². The Morgan fingerprint density at radius 3 is 2.29 bits per heavy atom. The number of carbonyl (C=O) groups is 1. The van der Waals surface area contributed by atoms with Crippen molar-refractivity contribution < 1.29 is 19.2 Å². The summed E-state index contributed by atoms with van der Waals surface area (Å²) in [4.78, 5) is 22.5. The molecular weight excluding hydrogens is 462 g/mol. The topological polar surface area (TPSA) is 78.7 Å². The van der Waals surface area contributed by atoms with Gasteiger partial charge in [-0.3, -0.25) is 10.1 Å². The van der Waals surface area contributed by atoms with Crippen LogP contribution in [0.3, 0.4) is 0 Å². The van der Waals surface area contributed by atoms with Crippen LogP contribution in [-0.2, 0) is 16.1 Å². The Morgan fingerprint density at radius 2 is 1.65 bits per heavy atom. The van der Waals surface area contributed by atoms with Gasteiger partial charge in [0.05, 0.1) is 10.5 Å². The fraction of sp³-hybridized carbons (Fsp3) is 0.0417. The van der Waals surface area contributed by atoms with Gasteiger partial charge in [0.2, 0.25) is 0 Å². The number of hydrogen-bond donors (Lipinski definition) is 0. The van der Waals surface area contributed by atoms with E-state index in [0.29, 0.717) is 23.7 Å². The van der Waals surface area contributed by atoms with Crippen molar-refractivity contribution in [1.29, 1.82) is 0 Å². The molecular formula is C24H16BrNO5. The number of rotatable bonds is 6. The molecule has 0 unspecified atom stereocenters. The van der Waals surface area contributed by atoms with Crippen molar-refractivity contribution in [2.75, 3.05) is 0 Å². The standard InChI is InChI=1S/C24H16BrNO5/c25-20-7-5-18(6-8-20)23-14-19(24(27)31-23)13-16-3-11-22(12-4-16)30-15-17-1-9-21(10-2-17)26(28)29/h1-14H,15H2. The average Bonchev–Trinajstić information content (AvgIpc) is 3.14. The lowest BCUT2D eigenvalue weighted by Crippen LogP contribution is -1.97. The minimum atomic E-state index is -0.435. The van der Waals surface area contributed by atoms with Crippen molar-refractivity contribution in [2.24, 2.45) is 0 Å². The van der Waals surface area contributed by atoms with E-state index in [1.54, 1.807) is 36.4 Å². The van der Waals surface area contributed by atoms with Crippen LogP contribution < -0.4 is 4.74 Å². The van der Waals surface area contributed by atoms with Crippen LogP contribution in [0.2, 0.25) is 0 Å². The van der Waals surface area contributed by atoms with E-state index < -0.39 is 10.9 Å². The number of nitro benzene ring substituents is 1. The van der Waals surface area contributed by atoms with Crippen LogP contribution in [0.15, 0.2) is 88.9 Å². The Hall–Kier alpha value is -3.71. The molecule has 7 heteroatoms. The smallest absolute Gasteiger partial charge is 0.343 e. The van der Waals surface area contributed by atoms with E-state index in [-0.39, 0.29) is 5.69 Å². The normalized spacial score (nSPS) is 14.3. The monoisotopic (exact) mass is 477 g/mol. The molecule has 0 spiro atoms. The third kappa shape index (κ3) is 5.07. The first-order valence-electron chi connectivity index (χ1n) is 9.36. The first-order chi connectivity index (χ1) is 15.0. The SMILES string of the molecule is O=C1OC(c2ccc(Br)cc2)=CC1=Cc1ccc(OCc2ccc([N+](=O)[O-])cc2)cc1. The van der Waals surface area contributed by atoms with Crippen LogP contribution in [0.1, 0.15) is 16.7 Å². The van der Waals surface area contributed by atoms with Gasteiger partial charge in [-0.2, -0.15) is 0 Å². The minimum Gasteiger partial charge on any atom is -0.489 e. The molecule has 0 saturated heterocycles. The second-order valence-corrected chi connectivity index (χ2v) is 7.70. The number of nitro groups is 1. The number of halogens is 1. The average molecular weight is 478 g/mol. The van der Waals surface area contributed by atoms with E-state index in [2.05, 4.69) is 15.9 Å². The number of cyclic esters (lactones) is 1. The van der Waals surface area contributed by atoms with Gasteiger partial charge in [-0.1, -0.05) is 40.2 Å². The molecule has 3 aromatic carbocycles. The molecule has 0 fully saturated rings. The predicted molar refractivity (Wildman–Crippen MR) is 120 cm³/mol. The van der Waals surface area contributed by atoms with E-state index in [9.17, 15) is 14.9 Å². The van der Waals surface area contributed by atoms with E-state index in [4.69, 9.17) is 9.47 Å². The van der Waals surface area contributed by atoms with Crippen molar-refractivity contribution in [1.82, 2.24) is 0 Å². The van der Waals surface area contributed by atoms with Gasteiger partial charge in [0, 0.05) is 22.2 Å². The van der Waals surface area contributed by atoms with Crippen molar-refractivity contribution >= 4 is 39.4 Å². The highest BCUT2D eigenvalue weighted by Crippen LogP contribution is 2.28. The Balaban J connectivity index is 1.41. The third-order valence-electron chi connectivity index (χ3n) is 4.61. The summed E-state index contributed by atoms with van der Waals surface area (Å²) >= 11 is 3.39. The van der Waals surface area contributed by atoms with Crippen LogP contribution in [-0.4, -0.2) is 10.9 Å². The molecule has 0 atom stereocenters. The summed E-state index contributed by atoms with van der Waals surface area (Å²) in [6.45, 7) is 0.296. The van der Waals surface area contributed by atoms with Crippen LogP contribution in [0.5, 0.6) is 5.75 Å². The third-order valence-corrected chi connectivity index (χ3v) is 5.14. The highest BCUT2D eigenvalue weighted by atomic mass is 79.9. The van der Waals surface area contributed by atoms with E-state index in [1.807, 2.05) is 36.4 Å². The van der Waals surface area contributed by atoms with Gasteiger partial charge < -0.3 is 9.47 Å². The summed E-state index contributed by atoms with van der Waals surface area (Å²) < 4.78 is 12.1. The Bertz CT molecular complexity index is 1180. The number of esters is 1. The molecule has 3 aromatic rings. The lowest BCUT2D eigenvalue weighted by Gasteiger charge is -2.06. The first-order valence-corrected chi connectivity index (χ1v) is 10.1. The Kier molecular flexibility index (Phi) is 5.95. The van der Waals surface area contributed by atoms with Crippen LogP contribution in [0.4, 0.5) is 5.69 Å². The largest absolute Gasteiger partial charge is 0.489 e. The fourth-order valence-corrected chi connectivity index (χ4v) is 3.23. The van der Waals surface area contributed by atoms with Crippen LogP contribution in [0, 0.1) is 10.1 Å². The summed E-state index contributed by atoms with van der Waals surface area (Å²) in [5.41, 5.74) is 3.01. The molecule has 1 aliphatic heterocycles. The molecule has 0 N–H and O–H groups in total. The fourth-order valence-electron chi connectivity index (χ4n) is 2.97. The molecule has 4 rings (SSSR count). The molecule has 31 heavy (non-hydrogen) atoms. The Labute approximate surface area is 186 Å². The van der Waals surface area contributed by atoms with Gasteiger partial charge >= 0.3 is 5.97 Å². The second kappa shape index (κ2) is 8.97. The van der Waals surface area contributed by atoms with Gasteiger partial charge in [0.1, 0.15) is 18.1 Å². The molecule has 0 saturated carbocycles. The number of benzene rings is 3. The highest BCUT2D eigenvalue weighted by molar-refractivity contribution is 9.10. The van der Waals surface area contributed by atoms with E-state index in [1.165, 1.54) is 12.1 Å². The van der Waals surface area contributed by atoms with Crippen molar-refractivity contribution in [3.63, 3.8) is 0 Å². The lowest BCUT2D eigenvalue weighted by atomic mass is 10.1. The van der Waals surface area contributed by atoms with Crippen molar-refractivity contribution in [3.8, 4) is 5.75 Å². The number of ether oxygens (including phenoxy) is 2. The zero-order valence-corrected chi connectivity index (χ0v) is 17.7. The molecule has 0 bridgehead atoms. The summed E-state index contributed by atoms with van der Waals surface area (Å²) in [5, 5.41) is 10.7. The number of non-ortho nitro benzene ring substituents is 1. The van der Waals surface area contributed by atoms with Gasteiger partial charge in [-0.05, 0) is 59.7 Å². The van der Waals surface area contributed by atoms with Crippen molar-refractivity contribution in [3.05, 3.63) is 116 Å². The molecule has 0 aromatic heterocycles. The van der Waals surface area contributed by atoms with Gasteiger partial charge in [-0.25, -0.2) is 4.79 Å². The number of carbonyl (C=O) groups excluding carboxylic acids is 1. The highest BCUT2D eigenvalue weighted by Gasteiger charge is 2.21. The quantitative estimate of drug-likeness (QED) is 0.190. The van der Waals surface area contributed by atoms with Crippen LogP contribution >= 0.6 is 15.9 Å². The minimum absolute atomic E-state index is 0.0453. The molecule has 154 valence electrons.